The zero-order valence-electron chi connectivity index (χ0n) is 7.77. The molecule has 13 heavy (non-hydrogen) atoms. The van der Waals surface area contributed by atoms with Crippen molar-refractivity contribution in [1.29, 1.82) is 0 Å². The molecular formula is C7H15N2O3S. The lowest BCUT2D eigenvalue weighted by Gasteiger charge is -2.25. The molecule has 0 aromatic heterocycles. The standard InChI is InChI=1S/C7H15N2O3S/c1-12-6-7-13(10,11)9-4-2-8-3-5-9/h2-7H2,1H3. The van der Waals surface area contributed by atoms with Gasteiger partial charge >= 0.3 is 0 Å². The van der Waals surface area contributed by atoms with E-state index in [-0.39, 0.29) is 12.4 Å². The van der Waals surface area contributed by atoms with Gasteiger partial charge in [0.2, 0.25) is 10.0 Å². The molecule has 0 N–H and O–H groups in total. The predicted octanol–water partition coefficient (Wildman–Crippen LogP) is -1.12. The van der Waals surface area contributed by atoms with E-state index in [1.807, 2.05) is 0 Å². The number of rotatable bonds is 4. The summed E-state index contributed by atoms with van der Waals surface area (Å²) in [6.07, 6.45) is 0. The average molecular weight is 207 g/mol. The maximum Gasteiger partial charge on any atom is 0.216 e. The molecule has 1 aliphatic heterocycles. The van der Waals surface area contributed by atoms with Gasteiger partial charge in [-0.2, -0.15) is 4.31 Å². The smallest absolute Gasteiger partial charge is 0.216 e. The number of ether oxygens (including phenoxy) is 1. The molecule has 0 aliphatic carbocycles. The molecule has 0 amide bonds. The van der Waals surface area contributed by atoms with E-state index >= 15 is 0 Å². The Kier molecular flexibility index (Phi) is 4.11. The first kappa shape index (κ1) is 10.9. The van der Waals surface area contributed by atoms with Crippen LogP contribution in [0.5, 0.6) is 0 Å². The minimum absolute atomic E-state index is 0.0729. The zero-order chi connectivity index (χ0) is 9.73. The maximum absolute atomic E-state index is 11.5. The predicted molar refractivity (Wildman–Crippen MR) is 49.1 cm³/mol. The van der Waals surface area contributed by atoms with Gasteiger partial charge in [-0.05, 0) is 0 Å². The summed E-state index contributed by atoms with van der Waals surface area (Å²) >= 11 is 0. The second-order valence-electron chi connectivity index (χ2n) is 2.88. The van der Waals surface area contributed by atoms with Gasteiger partial charge in [-0.15, -0.1) is 0 Å². The van der Waals surface area contributed by atoms with Crippen molar-refractivity contribution in [2.24, 2.45) is 0 Å². The number of piperazine rings is 1. The summed E-state index contributed by atoms with van der Waals surface area (Å²) in [6.45, 7) is 2.53. The van der Waals surface area contributed by atoms with Crippen LogP contribution in [0.15, 0.2) is 0 Å². The fraction of sp³-hybridized carbons (Fsp3) is 1.00. The molecule has 5 nitrogen and oxygen atoms in total. The van der Waals surface area contributed by atoms with Gasteiger partial charge < -0.3 is 4.74 Å². The summed E-state index contributed by atoms with van der Waals surface area (Å²) in [5.41, 5.74) is 0. The highest BCUT2D eigenvalue weighted by Crippen LogP contribution is 2.03. The maximum atomic E-state index is 11.5. The van der Waals surface area contributed by atoms with E-state index in [1.54, 1.807) is 0 Å². The Morgan fingerprint density at radius 2 is 2.00 bits per heavy atom. The van der Waals surface area contributed by atoms with Gasteiger partial charge in [-0.25, -0.2) is 13.7 Å². The van der Waals surface area contributed by atoms with Crippen molar-refractivity contribution >= 4 is 10.0 Å². The van der Waals surface area contributed by atoms with Crippen molar-refractivity contribution in [3.63, 3.8) is 0 Å². The summed E-state index contributed by atoms with van der Waals surface area (Å²) in [5.74, 6) is 0.0729. The third kappa shape index (κ3) is 3.22. The Bertz CT molecular complexity index is 234. The minimum Gasteiger partial charge on any atom is -0.384 e. The molecule has 77 valence electrons. The summed E-state index contributed by atoms with van der Waals surface area (Å²) in [7, 11) is -1.60. The van der Waals surface area contributed by atoms with Crippen LogP contribution >= 0.6 is 0 Å². The summed E-state index contributed by atoms with van der Waals surface area (Å²) < 4.78 is 29.3. The van der Waals surface area contributed by atoms with Crippen LogP contribution in [0.25, 0.3) is 0 Å². The molecule has 0 atom stereocenters. The Morgan fingerprint density at radius 3 is 2.54 bits per heavy atom. The van der Waals surface area contributed by atoms with Crippen molar-refractivity contribution < 1.29 is 13.2 Å². The molecule has 0 saturated carbocycles. The van der Waals surface area contributed by atoms with Gasteiger partial charge in [0.15, 0.2) is 0 Å². The van der Waals surface area contributed by atoms with Crippen molar-refractivity contribution in [2.45, 2.75) is 0 Å². The van der Waals surface area contributed by atoms with Crippen LogP contribution in [0.4, 0.5) is 0 Å². The molecule has 0 spiro atoms. The van der Waals surface area contributed by atoms with Crippen LogP contribution in [0.3, 0.4) is 0 Å². The van der Waals surface area contributed by atoms with Gasteiger partial charge in [0, 0.05) is 33.3 Å². The molecule has 1 rings (SSSR count). The highest BCUT2D eigenvalue weighted by Gasteiger charge is 2.23. The molecule has 1 heterocycles. The number of nitrogens with zero attached hydrogens (tertiary/aromatic N) is 2. The molecule has 0 unspecified atom stereocenters. The number of hydrogen-bond acceptors (Lipinski definition) is 3. The van der Waals surface area contributed by atoms with E-state index in [4.69, 9.17) is 4.74 Å². The van der Waals surface area contributed by atoms with Gasteiger partial charge in [-0.1, -0.05) is 0 Å². The van der Waals surface area contributed by atoms with Crippen LogP contribution < -0.4 is 5.32 Å². The lowest BCUT2D eigenvalue weighted by Crippen LogP contribution is -2.45. The van der Waals surface area contributed by atoms with Crippen molar-refractivity contribution in [3.05, 3.63) is 0 Å². The molecule has 6 heteroatoms. The third-order valence-corrected chi connectivity index (χ3v) is 3.79. The first-order valence-electron chi connectivity index (χ1n) is 4.27. The van der Waals surface area contributed by atoms with Crippen molar-refractivity contribution in [1.82, 2.24) is 9.62 Å². The van der Waals surface area contributed by atoms with Crippen LogP contribution in [-0.4, -0.2) is 58.4 Å². The Morgan fingerprint density at radius 1 is 1.38 bits per heavy atom. The van der Waals surface area contributed by atoms with Crippen LogP contribution in [0, 0.1) is 0 Å². The van der Waals surface area contributed by atoms with Gasteiger partial charge in [0.25, 0.3) is 0 Å². The molecule has 1 radical (unpaired) electrons. The van der Waals surface area contributed by atoms with E-state index in [0.717, 1.165) is 0 Å². The lowest BCUT2D eigenvalue weighted by molar-refractivity contribution is 0.215. The zero-order valence-corrected chi connectivity index (χ0v) is 8.59. The molecule has 1 fully saturated rings. The highest BCUT2D eigenvalue weighted by molar-refractivity contribution is 7.89. The highest BCUT2D eigenvalue weighted by atomic mass is 32.2. The molecule has 1 aliphatic rings. The van der Waals surface area contributed by atoms with E-state index in [9.17, 15) is 8.42 Å². The van der Waals surface area contributed by atoms with E-state index in [1.165, 1.54) is 11.4 Å². The fourth-order valence-corrected chi connectivity index (χ4v) is 2.54. The monoisotopic (exact) mass is 207 g/mol. The fourth-order valence-electron chi connectivity index (χ4n) is 1.18. The molecular weight excluding hydrogens is 192 g/mol. The number of sulfonamides is 1. The molecule has 0 aromatic rings. The van der Waals surface area contributed by atoms with Crippen molar-refractivity contribution in [2.75, 3.05) is 45.6 Å². The van der Waals surface area contributed by atoms with E-state index in [0.29, 0.717) is 26.2 Å². The van der Waals surface area contributed by atoms with Gasteiger partial charge in [0.1, 0.15) is 0 Å². The third-order valence-electron chi connectivity index (χ3n) is 1.95. The van der Waals surface area contributed by atoms with Crippen LogP contribution in [0.2, 0.25) is 0 Å². The van der Waals surface area contributed by atoms with Crippen molar-refractivity contribution in [3.8, 4) is 0 Å². The van der Waals surface area contributed by atoms with Crippen LogP contribution in [0.1, 0.15) is 0 Å². The Balaban J connectivity index is 2.47. The first-order valence-corrected chi connectivity index (χ1v) is 5.88. The normalized spacial score (nSPS) is 20.4. The second-order valence-corrected chi connectivity index (χ2v) is 4.97. The Labute approximate surface area is 79.1 Å². The van der Waals surface area contributed by atoms with Crippen LogP contribution in [-0.2, 0) is 14.8 Å². The van der Waals surface area contributed by atoms with Gasteiger partial charge in [0.05, 0.1) is 12.4 Å². The number of methoxy groups -OCH3 is 1. The number of hydrogen-bond donors (Lipinski definition) is 0. The van der Waals surface area contributed by atoms with Gasteiger partial charge in [-0.3, -0.25) is 0 Å². The van der Waals surface area contributed by atoms with E-state index < -0.39 is 10.0 Å². The summed E-state index contributed by atoms with van der Waals surface area (Å²) in [6, 6.07) is 0. The average Bonchev–Trinajstić information content (AvgIpc) is 2.16. The lowest BCUT2D eigenvalue weighted by atomic mass is 10.4. The second kappa shape index (κ2) is 4.90. The topological polar surface area (TPSA) is 60.7 Å². The SMILES string of the molecule is COCCS(=O)(=O)N1CC[N]CC1. The molecule has 1 saturated heterocycles. The molecule has 0 bridgehead atoms. The summed E-state index contributed by atoms with van der Waals surface area (Å²) in [5, 5.41) is 4.08. The summed E-state index contributed by atoms with van der Waals surface area (Å²) in [4.78, 5) is 0. The largest absolute Gasteiger partial charge is 0.384 e. The molecule has 0 aromatic carbocycles. The van der Waals surface area contributed by atoms with E-state index in [2.05, 4.69) is 5.32 Å². The Hall–Kier alpha value is -0.170. The minimum atomic E-state index is -3.10. The first-order chi connectivity index (χ1) is 6.17. The quantitative estimate of drug-likeness (QED) is 0.587.